The second kappa shape index (κ2) is 4.90. The summed E-state index contributed by atoms with van der Waals surface area (Å²) in [6.45, 7) is 5.60. The van der Waals surface area contributed by atoms with E-state index in [0.29, 0.717) is 19.2 Å². The summed E-state index contributed by atoms with van der Waals surface area (Å²) in [7, 11) is 1.73. The standard InChI is InChI=1S/C14H20N2O/c1-10(2)16-8-12(9-17-3)13-5-4-11(7-15)6-14(13)16/h4-6,8,10H,7,9,15H2,1-3H3. The van der Waals surface area contributed by atoms with Gasteiger partial charge in [-0.3, -0.25) is 0 Å². The molecule has 3 heteroatoms. The molecule has 1 heterocycles. The fraction of sp³-hybridized carbons (Fsp3) is 0.429. The fourth-order valence-electron chi connectivity index (χ4n) is 2.19. The van der Waals surface area contributed by atoms with Crippen LogP contribution in [-0.2, 0) is 17.9 Å². The van der Waals surface area contributed by atoms with Crippen molar-refractivity contribution < 1.29 is 4.74 Å². The van der Waals surface area contributed by atoms with Gasteiger partial charge in [-0.2, -0.15) is 0 Å². The lowest BCUT2D eigenvalue weighted by molar-refractivity contribution is 0.185. The maximum absolute atomic E-state index is 5.70. The van der Waals surface area contributed by atoms with Crippen LogP contribution in [0.1, 0.15) is 31.0 Å². The summed E-state index contributed by atoms with van der Waals surface area (Å²) >= 11 is 0. The highest BCUT2D eigenvalue weighted by Gasteiger charge is 2.10. The third-order valence-corrected chi connectivity index (χ3v) is 3.07. The predicted octanol–water partition coefficient (Wildman–Crippen LogP) is 2.83. The summed E-state index contributed by atoms with van der Waals surface area (Å²) in [5.74, 6) is 0. The van der Waals surface area contributed by atoms with Crippen molar-refractivity contribution in [3.63, 3.8) is 0 Å². The second-order valence-corrected chi connectivity index (χ2v) is 4.64. The molecule has 0 aliphatic carbocycles. The van der Waals surface area contributed by atoms with Gasteiger partial charge in [-0.1, -0.05) is 12.1 Å². The van der Waals surface area contributed by atoms with Crippen LogP contribution in [0.3, 0.4) is 0 Å². The van der Waals surface area contributed by atoms with Gasteiger partial charge in [0.05, 0.1) is 6.61 Å². The Kier molecular flexibility index (Phi) is 3.50. The van der Waals surface area contributed by atoms with Crippen LogP contribution in [0.25, 0.3) is 10.9 Å². The van der Waals surface area contributed by atoms with Gasteiger partial charge in [0.2, 0.25) is 0 Å². The molecule has 1 aromatic carbocycles. The van der Waals surface area contributed by atoms with E-state index < -0.39 is 0 Å². The predicted molar refractivity (Wildman–Crippen MR) is 70.9 cm³/mol. The Morgan fingerprint density at radius 3 is 2.71 bits per heavy atom. The largest absolute Gasteiger partial charge is 0.380 e. The molecule has 0 saturated carbocycles. The number of nitrogens with two attached hydrogens (primary N) is 1. The van der Waals surface area contributed by atoms with Crippen LogP contribution >= 0.6 is 0 Å². The van der Waals surface area contributed by atoms with Gasteiger partial charge in [0.1, 0.15) is 0 Å². The molecule has 1 aromatic heterocycles. The van der Waals surface area contributed by atoms with Gasteiger partial charge in [0, 0.05) is 42.4 Å². The third kappa shape index (κ3) is 2.21. The SMILES string of the molecule is COCc1cn(C(C)C)c2cc(CN)ccc12. The summed E-state index contributed by atoms with van der Waals surface area (Å²) in [5.41, 5.74) is 9.35. The minimum atomic E-state index is 0.441. The maximum atomic E-state index is 5.70. The van der Waals surface area contributed by atoms with Crippen LogP contribution in [0.15, 0.2) is 24.4 Å². The molecule has 0 unspecified atom stereocenters. The third-order valence-electron chi connectivity index (χ3n) is 3.07. The minimum absolute atomic E-state index is 0.441. The number of ether oxygens (including phenoxy) is 1. The molecule has 0 atom stereocenters. The van der Waals surface area contributed by atoms with E-state index in [-0.39, 0.29) is 0 Å². The smallest absolute Gasteiger partial charge is 0.0733 e. The zero-order valence-electron chi connectivity index (χ0n) is 10.7. The van der Waals surface area contributed by atoms with Crippen molar-refractivity contribution in [1.29, 1.82) is 0 Å². The molecule has 0 aliphatic heterocycles. The van der Waals surface area contributed by atoms with Crippen LogP contribution < -0.4 is 5.73 Å². The van der Waals surface area contributed by atoms with Gasteiger partial charge < -0.3 is 15.0 Å². The van der Waals surface area contributed by atoms with Gasteiger partial charge >= 0.3 is 0 Å². The van der Waals surface area contributed by atoms with E-state index in [1.807, 2.05) is 0 Å². The van der Waals surface area contributed by atoms with E-state index in [1.165, 1.54) is 22.0 Å². The first-order valence-electron chi connectivity index (χ1n) is 5.98. The molecule has 0 radical (unpaired) electrons. The van der Waals surface area contributed by atoms with E-state index >= 15 is 0 Å². The molecular weight excluding hydrogens is 212 g/mol. The van der Waals surface area contributed by atoms with Gasteiger partial charge in [-0.25, -0.2) is 0 Å². The summed E-state index contributed by atoms with van der Waals surface area (Å²) < 4.78 is 7.53. The fourth-order valence-corrected chi connectivity index (χ4v) is 2.19. The Morgan fingerprint density at radius 1 is 1.35 bits per heavy atom. The molecule has 17 heavy (non-hydrogen) atoms. The topological polar surface area (TPSA) is 40.2 Å². The maximum Gasteiger partial charge on any atom is 0.0733 e. The van der Waals surface area contributed by atoms with Crippen molar-refractivity contribution >= 4 is 10.9 Å². The summed E-state index contributed by atoms with van der Waals surface area (Å²) in [6, 6.07) is 6.85. The van der Waals surface area contributed by atoms with Crippen molar-refractivity contribution in [3.8, 4) is 0 Å². The number of rotatable bonds is 4. The molecular formula is C14H20N2O. The average Bonchev–Trinajstić information content (AvgIpc) is 2.68. The molecule has 0 saturated heterocycles. The van der Waals surface area contributed by atoms with Crippen molar-refractivity contribution in [2.24, 2.45) is 5.73 Å². The van der Waals surface area contributed by atoms with Gasteiger partial charge in [-0.15, -0.1) is 0 Å². The molecule has 0 amide bonds. The van der Waals surface area contributed by atoms with Crippen LogP contribution in [0, 0.1) is 0 Å². The number of benzene rings is 1. The number of aromatic nitrogens is 1. The Bertz CT molecular complexity index is 514. The zero-order valence-corrected chi connectivity index (χ0v) is 10.7. The lowest BCUT2D eigenvalue weighted by Gasteiger charge is -2.09. The Morgan fingerprint density at radius 2 is 2.12 bits per heavy atom. The van der Waals surface area contributed by atoms with Gasteiger partial charge in [0.15, 0.2) is 0 Å². The number of methoxy groups -OCH3 is 1. The van der Waals surface area contributed by atoms with E-state index in [4.69, 9.17) is 10.5 Å². The minimum Gasteiger partial charge on any atom is -0.380 e. The van der Waals surface area contributed by atoms with Gasteiger partial charge in [-0.05, 0) is 25.5 Å². The van der Waals surface area contributed by atoms with Crippen LogP contribution in [0.5, 0.6) is 0 Å². The van der Waals surface area contributed by atoms with E-state index in [1.54, 1.807) is 7.11 Å². The normalized spacial score (nSPS) is 11.6. The number of hydrogen-bond donors (Lipinski definition) is 1. The first kappa shape index (κ1) is 12.1. The number of hydrogen-bond acceptors (Lipinski definition) is 2. The quantitative estimate of drug-likeness (QED) is 0.880. The molecule has 2 aromatic rings. The van der Waals surface area contributed by atoms with Crippen LogP contribution in [0.2, 0.25) is 0 Å². The monoisotopic (exact) mass is 232 g/mol. The lowest BCUT2D eigenvalue weighted by Crippen LogP contribution is -2.00. The summed E-state index contributed by atoms with van der Waals surface area (Å²) in [5, 5.41) is 1.26. The summed E-state index contributed by atoms with van der Waals surface area (Å²) in [6.07, 6.45) is 2.18. The molecule has 3 nitrogen and oxygen atoms in total. The first-order valence-corrected chi connectivity index (χ1v) is 5.98. The van der Waals surface area contributed by atoms with E-state index in [2.05, 4.69) is 42.8 Å². The highest BCUT2D eigenvalue weighted by molar-refractivity contribution is 5.84. The highest BCUT2D eigenvalue weighted by Crippen LogP contribution is 2.26. The van der Waals surface area contributed by atoms with Crippen LogP contribution in [-0.4, -0.2) is 11.7 Å². The Balaban J connectivity index is 2.63. The lowest BCUT2D eigenvalue weighted by atomic mass is 10.1. The second-order valence-electron chi connectivity index (χ2n) is 4.64. The van der Waals surface area contributed by atoms with Gasteiger partial charge in [0.25, 0.3) is 0 Å². The van der Waals surface area contributed by atoms with Crippen molar-refractivity contribution in [2.45, 2.75) is 33.0 Å². The van der Waals surface area contributed by atoms with Crippen molar-refractivity contribution in [3.05, 3.63) is 35.5 Å². The highest BCUT2D eigenvalue weighted by atomic mass is 16.5. The van der Waals surface area contributed by atoms with E-state index in [9.17, 15) is 0 Å². The molecule has 92 valence electrons. The summed E-state index contributed by atoms with van der Waals surface area (Å²) in [4.78, 5) is 0. The van der Waals surface area contributed by atoms with Crippen LogP contribution in [0.4, 0.5) is 0 Å². The Labute approximate surface area is 102 Å². The zero-order chi connectivity index (χ0) is 12.4. The molecule has 0 aliphatic rings. The molecule has 0 fully saturated rings. The van der Waals surface area contributed by atoms with E-state index in [0.717, 1.165) is 0 Å². The number of nitrogens with zero attached hydrogens (tertiary/aromatic N) is 1. The Hall–Kier alpha value is -1.32. The molecule has 0 bridgehead atoms. The van der Waals surface area contributed by atoms with Crippen molar-refractivity contribution in [1.82, 2.24) is 4.57 Å². The molecule has 0 spiro atoms. The first-order chi connectivity index (χ1) is 8.17. The van der Waals surface area contributed by atoms with Crippen molar-refractivity contribution in [2.75, 3.05) is 7.11 Å². The number of fused-ring (bicyclic) bond motifs is 1. The average molecular weight is 232 g/mol. The molecule has 2 N–H and O–H groups in total. The molecule has 2 rings (SSSR count).